The first-order chi connectivity index (χ1) is 9.15. The molecule has 1 saturated carbocycles. The van der Waals surface area contributed by atoms with Gasteiger partial charge in [0.25, 0.3) is 0 Å². The SMILES string of the molecule is Cc1cccc2nc(CN=C(N)N(C)C3CC3)cn12. The minimum atomic E-state index is 0.532. The second kappa shape index (κ2) is 4.57. The van der Waals surface area contributed by atoms with E-state index in [-0.39, 0.29) is 0 Å². The molecule has 1 aliphatic rings. The van der Waals surface area contributed by atoms with E-state index >= 15 is 0 Å². The van der Waals surface area contributed by atoms with Gasteiger partial charge in [-0.15, -0.1) is 0 Å². The molecule has 0 spiro atoms. The van der Waals surface area contributed by atoms with Gasteiger partial charge >= 0.3 is 0 Å². The van der Waals surface area contributed by atoms with Crippen LogP contribution in [0.1, 0.15) is 24.2 Å². The highest BCUT2D eigenvalue weighted by atomic mass is 15.3. The summed E-state index contributed by atoms with van der Waals surface area (Å²) in [5.41, 5.74) is 9.04. The molecule has 0 saturated heterocycles. The van der Waals surface area contributed by atoms with Crippen LogP contribution in [0.5, 0.6) is 0 Å². The summed E-state index contributed by atoms with van der Waals surface area (Å²) < 4.78 is 2.08. The smallest absolute Gasteiger partial charge is 0.191 e. The van der Waals surface area contributed by atoms with Crippen LogP contribution in [0.25, 0.3) is 5.65 Å². The van der Waals surface area contributed by atoms with Gasteiger partial charge in [0.05, 0.1) is 12.2 Å². The first-order valence-electron chi connectivity index (χ1n) is 6.61. The molecule has 0 bridgehead atoms. The average molecular weight is 257 g/mol. The Hall–Kier alpha value is -2.04. The number of aliphatic imine (C=N–C) groups is 1. The van der Waals surface area contributed by atoms with Crippen LogP contribution in [-0.4, -0.2) is 33.3 Å². The van der Waals surface area contributed by atoms with Crippen LogP contribution in [0.2, 0.25) is 0 Å². The number of imidazole rings is 1. The maximum absolute atomic E-state index is 5.97. The van der Waals surface area contributed by atoms with Crippen molar-refractivity contribution >= 4 is 11.6 Å². The molecular weight excluding hydrogens is 238 g/mol. The third-order valence-electron chi connectivity index (χ3n) is 3.60. The number of rotatable bonds is 3. The number of nitrogens with zero attached hydrogens (tertiary/aromatic N) is 4. The van der Waals surface area contributed by atoms with Crippen LogP contribution in [0, 0.1) is 6.92 Å². The normalized spacial score (nSPS) is 16.0. The molecule has 1 fully saturated rings. The fraction of sp³-hybridized carbons (Fsp3) is 0.429. The standard InChI is InChI=1S/C14H19N5/c1-10-4-3-5-13-17-11(9-19(10)13)8-16-14(15)18(2)12-6-7-12/h3-5,9,12H,6-8H2,1-2H3,(H2,15,16). The fourth-order valence-electron chi connectivity index (χ4n) is 2.20. The van der Waals surface area contributed by atoms with Crippen molar-refractivity contribution in [1.82, 2.24) is 14.3 Å². The molecule has 2 aromatic rings. The number of hydrogen-bond acceptors (Lipinski definition) is 2. The number of fused-ring (bicyclic) bond motifs is 1. The first-order valence-corrected chi connectivity index (χ1v) is 6.61. The number of hydrogen-bond donors (Lipinski definition) is 1. The van der Waals surface area contributed by atoms with E-state index in [4.69, 9.17) is 5.73 Å². The molecule has 0 atom stereocenters. The van der Waals surface area contributed by atoms with Gasteiger partial charge in [0.1, 0.15) is 5.65 Å². The van der Waals surface area contributed by atoms with Gasteiger partial charge in [-0.05, 0) is 31.9 Å². The zero-order chi connectivity index (χ0) is 13.4. The van der Waals surface area contributed by atoms with Crippen molar-refractivity contribution in [1.29, 1.82) is 0 Å². The summed E-state index contributed by atoms with van der Waals surface area (Å²) >= 11 is 0. The van der Waals surface area contributed by atoms with Gasteiger partial charge in [-0.1, -0.05) is 6.07 Å². The summed E-state index contributed by atoms with van der Waals surface area (Å²) in [4.78, 5) is 11.0. The van der Waals surface area contributed by atoms with E-state index in [1.807, 2.05) is 25.4 Å². The maximum atomic E-state index is 5.97. The third kappa shape index (κ3) is 2.41. The topological polar surface area (TPSA) is 58.9 Å². The lowest BCUT2D eigenvalue weighted by molar-refractivity contribution is 0.487. The van der Waals surface area contributed by atoms with Gasteiger partial charge < -0.3 is 15.0 Å². The van der Waals surface area contributed by atoms with E-state index in [1.165, 1.54) is 18.5 Å². The van der Waals surface area contributed by atoms with Crippen molar-refractivity contribution in [3.8, 4) is 0 Å². The highest BCUT2D eigenvalue weighted by Gasteiger charge is 2.27. The predicted octanol–water partition coefficient (Wildman–Crippen LogP) is 1.55. The molecule has 3 rings (SSSR count). The Morgan fingerprint density at radius 3 is 3.00 bits per heavy atom. The summed E-state index contributed by atoms with van der Waals surface area (Å²) in [5, 5.41) is 0. The number of aromatic nitrogens is 2. The largest absolute Gasteiger partial charge is 0.370 e. The Morgan fingerprint density at radius 2 is 2.32 bits per heavy atom. The van der Waals surface area contributed by atoms with Crippen molar-refractivity contribution in [2.75, 3.05) is 7.05 Å². The molecule has 0 aliphatic heterocycles. The van der Waals surface area contributed by atoms with Crippen molar-refractivity contribution in [2.45, 2.75) is 32.4 Å². The van der Waals surface area contributed by atoms with E-state index in [0.717, 1.165) is 11.3 Å². The van der Waals surface area contributed by atoms with Gasteiger partial charge in [0, 0.05) is 25.0 Å². The molecule has 100 valence electrons. The van der Waals surface area contributed by atoms with E-state index in [1.54, 1.807) is 0 Å². The van der Waals surface area contributed by atoms with Crippen molar-refractivity contribution < 1.29 is 0 Å². The van der Waals surface area contributed by atoms with E-state index < -0.39 is 0 Å². The van der Waals surface area contributed by atoms with Crippen LogP contribution >= 0.6 is 0 Å². The van der Waals surface area contributed by atoms with Crippen LogP contribution in [0.3, 0.4) is 0 Å². The fourth-order valence-corrected chi connectivity index (χ4v) is 2.20. The average Bonchev–Trinajstić information content (AvgIpc) is 3.16. The lowest BCUT2D eigenvalue weighted by Crippen LogP contribution is -2.35. The molecule has 5 heteroatoms. The zero-order valence-electron chi connectivity index (χ0n) is 11.4. The van der Waals surface area contributed by atoms with Crippen molar-refractivity contribution in [3.05, 3.63) is 35.8 Å². The van der Waals surface area contributed by atoms with Gasteiger partial charge in [-0.3, -0.25) is 0 Å². The third-order valence-corrected chi connectivity index (χ3v) is 3.60. The molecule has 5 nitrogen and oxygen atoms in total. The lowest BCUT2D eigenvalue weighted by atomic mass is 10.4. The van der Waals surface area contributed by atoms with E-state index in [9.17, 15) is 0 Å². The van der Waals surface area contributed by atoms with Crippen LogP contribution < -0.4 is 5.73 Å². The molecule has 0 radical (unpaired) electrons. The second-order valence-electron chi connectivity index (χ2n) is 5.14. The summed E-state index contributed by atoms with van der Waals surface area (Å²) in [6.07, 6.45) is 4.47. The maximum Gasteiger partial charge on any atom is 0.191 e. The van der Waals surface area contributed by atoms with Crippen molar-refractivity contribution in [2.24, 2.45) is 10.7 Å². The second-order valence-corrected chi connectivity index (χ2v) is 5.14. The summed E-state index contributed by atoms with van der Waals surface area (Å²) in [6.45, 7) is 2.60. The lowest BCUT2D eigenvalue weighted by Gasteiger charge is -2.16. The molecule has 2 N–H and O–H groups in total. The van der Waals surface area contributed by atoms with E-state index in [0.29, 0.717) is 18.5 Å². The molecule has 0 amide bonds. The molecule has 1 aliphatic carbocycles. The van der Waals surface area contributed by atoms with Gasteiger partial charge in [0.15, 0.2) is 5.96 Å². The first kappa shape index (κ1) is 12.0. The van der Waals surface area contributed by atoms with Crippen molar-refractivity contribution in [3.63, 3.8) is 0 Å². The minimum Gasteiger partial charge on any atom is -0.370 e. The Morgan fingerprint density at radius 1 is 1.53 bits per heavy atom. The Kier molecular flexibility index (Phi) is 2.89. The number of aryl methyl sites for hydroxylation is 1. The molecule has 0 unspecified atom stereocenters. The highest BCUT2D eigenvalue weighted by Crippen LogP contribution is 2.24. The van der Waals surface area contributed by atoms with Crippen LogP contribution in [0.15, 0.2) is 29.4 Å². The number of nitrogens with two attached hydrogens (primary N) is 1. The highest BCUT2D eigenvalue weighted by molar-refractivity contribution is 5.78. The number of guanidine groups is 1. The predicted molar refractivity (Wildman–Crippen MR) is 76.0 cm³/mol. The Balaban J connectivity index is 1.77. The minimum absolute atomic E-state index is 0.532. The molecular formula is C14H19N5. The summed E-state index contributed by atoms with van der Waals surface area (Å²) in [7, 11) is 2.00. The summed E-state index contributed by atoms with van der Waals surface area (Å²) in [5.74, 6) is 0.608. The van der Waals surface area contributed by atoms with Crippen LogP contribution in [-0.2, 0) is 6.54 Å². The van der Waals surface area contributed by atoms with Gasteiger partial charge in [0.2, 0.25) is 0 Å². The molecule has 2 heterocycles. The zero-order valence-corrected chi connectivity index (χ0v) is 11.4. The van der Waals surface area contributed by atoms with E-state index in [2.05, 4.69) is 32.3 Å². The van der Waals surface area contributed by atoms with Gasteiger partial charge in [-0.25, -0.2) is 9.98 Å². The Labute approximate surface area is 112 Å². The van der Waals surface area contributed by atoms with Crippen LogP contribution in [0.4, 0.5) is 0 Å². The van der Waals surface area contributed by atoms with Gasteiger partial charge in [-0.2, -0.15) is 0 Å². The Bertz CT molecular complexity index is 624. The summed E-state index contributed by atoms with van der Waals surface area (Å²) in [6, 6.07) is 6.67. The monoisotopic (exact) mass is 257 g/mol. The number of pyridine rings is 1. The molecule has 0 aromatic carbocycles. The quantitative estimate of drug-likeness (QED) is 0.670. The molecule has 19 heavy (non-hydrogen) atoms. The molecule has 2 aromatic heterocycles.